The molecule has 0 aliphatic carbocycles. The summed E-state index contributed by atoms with van der Waals surface area (Å²) in [6, 6.07) is 10.1. The maximum absolute atomic E-state index is 11.4. The van der Waals surface area contributed by atoms with Crippen molar-refractivity contribution in [3.63, 3.8) is 0 Å². The Labute approximate surface area is 109 Å². The maximum atomic E-state index is 11.4. The van der Waals surface area contributed by atoms with Crippen LogP contribution in [-0.2, 0) is 9.53 Å². The van der Waals surface area contributed by atoms with E-state index in [0.717, 1.165) is 18.6 Å². The predicted molar refractivity (Wildman–Crippen MR) is 70.5 cm³/mol. The topological polar surface area (TPSA) is 35.5 Å². The first-order valence-electron chi connectivity index (χ1n) is 6.57. The van der Waals surface area contributed by atoms with E-state index in [4.69, 9.17) is 9.47 Å². The third-order valence-electron chi connectivity index (χ3n) is 2.52. The van der Waals surface area contributed by atoms with Gasteiger partial charge in [-0.1, -0.05) is 38.3 Å². The van der Waals surface area contributed by atoms with Gasteiger partial charge in [-0.3, -0.25) is 4.79 Å². The SMILES string of the molecule is CCCCCCOC(=O)CCOc1cc[c]cc1. The number of hydrogen-bond acceptors (Lipinski definition) is 3. The Morgan fingerprint density at radius 2 is 1.94 bits per heavy atom. The van der Waals surface area contributed by atoms with Gasteiger partial charge in [-0.25, -0.2) is 0 Å². The van der Waals surface area contributed by atoms with E-state index in [-0.39, 0.29) is 5.97 Å². The van der Waals surface area contributed by atoms with E-state index in [1.54, 1.807) is 12.1 Å². The lowest BCUT2D eigenvalue weighted by Crippen LogP contribution is -2.10. The number of ether oxygens (including phenoxy) is 2. The number of unbranched alkanes of at least 4 members (excludes halogenated alkanes) is 3. The van der Waals surface area contributed by atoms with E-state index in [9.17, 15) is 4.79 Å². The van der Waals surface area contributed by atoms with Crippen molar-refractivity contribution in [1.29, 1.82) is 0 Å². The second-order valence-electron chi connectivity index (χ2n) is 4.12. The van der Waals surface area contributed by atoms with Gasteiger partial charge in [0.2, 0.25) is 0 Å². The molecule has 0 N–H and O–H groups in total. The molecule has 0 heterocycles. The monoisotopic (exact) mass is 249 g/mol. The first kappa shape index (κ1) is 14.6. The molecule has 1 aromatic carbocycles. The maximum Gasteiger partial charge on any atom is 0.309 e. The summed E-state index contributed by atoms with van der Waals surface area (Å²) in [5.74, 6) is 0.568. The third kappa shape index (κ3) is 6.94. The van der Waals surface area contributed by atoms with E-state index in [2.05, 4.69) is 13.0 Å². The van der Waals surface area contributed by atoms with Crippen LogP contribution in [0.2, 0.25) is 0 Å². The number of rotatable bonds is 9. The van der Waals surface area contributed by atoms with E-state index in [1.165, 1.54) is 12.8 Å². The Kier molecular flexibility index (Phi) is 7.69. The number of esters is 1. The van der Waals surface area contributed by atoms with Crippen molar-refractivity contribution >= 4 is 5.97 Å². The van der Waals surface area contributed by atoms with Crippen LogP contribution in [0.1, 0.15) is 39.0 Å². The molecule has 99 valence electrons. The molecule has 0 fully saturated rings. The average molecular weight is 249 g/mol. The largest absolute Gasteiger partial charge is 0.493 e. The van der Waals surface area contributed by atoms with Gasteiger partial charge in [0, 0.05) is 0 Å². The minimum absolute atomic E-state index is 0.186. The van der Waals surface area contributed by atoms with Crippen LogP contribution in [0.25, 0.3) is 0 Å². The molecule has 0 unspecified atom stereocenters. The highest BCUT2D eigenvalue weighted by Gasteiger charge is 2.03. The molecule has 0 aromatic heterocycles. The lowest BCUT2D eigenvalue weighted by atomic mass is 10.2. The summed E-state index contributed by atoms with van der Waals surface area (Å²) in [5, 5.41) is 0. The van der Waals surface area contributed by atoms with Gasteiger partial charge in [0.1, 0.15) is 5.75 Å². The molecule has 18 heavy (non-hydrogen) atoms. The van der Waals surface area contributed by atoms with Gasteiger partial charge in [-0.05, 0) is 24.6 Å². The smallest absolute Gasteiger partial charge is 0.309 e. The molecule has 1 radical (unpaired) electrons. The Balaban J connectivity index is 2.00. The first-order chi connectivity index (χ1) is 8.83. The fourth-order valence-electron chi connectivity index (χ4n) is 1.51. The van der Waals surface area contributed by atoms with E-state index >= 15 is 0 Å². The lowest BCUT2D eigenvalue weighted by Gasteiger charge is -2.06. The van der Waals surface area contributed by atoms with Gasteiger partial charge in [-0.2, -0.15) is 0 Å². The van der Waals surface area contributed by atoms with Crippen LogP contribution in [0.3, 0.4) is 0 Å². The van der Waals surface area contributed by atoms with Gasteiger partial charge in [0.25, 0.3) is 0 Å². The van der Waals surface area contributed by atoms with Crippen molar-refractivity contribution < 1.29 is 14.3 Å². The van der Waals surface area contributed by atoms with Crippen LogP contribution in [0, 0.1) is 6.07 Å². The van der Waals surface area contributed by atoms with Gasteiger partial charge < -0.3 is 9.47 Å². The molecule has 3 nitrogen and oxygen atoms in total. The molecule has 0 aliphatic heterocycles. The second-order valence-corrected chi connectivity index (χ2v) is 4.12. The molecular formula is C15H21O3. The lowest BCUT2D eigenvalue weighted by molar-refractivity contribution is -0.144. The highest BCUT2D eigenvalue weighted by molar-refractivity contribution is 5.69. The quantitative estimate of drug-likeness (QED) is 0.497. The Bertz CT molecular complexity index is 322. The van der Waals surface area contributed by atoms with E-state index < -0.39 is 0 Å². The first-order valence-corrected chi connectivity index (χ1v) is 6.57. The molecule has 0 bridgehead atoms. The summed E-state index contributed by atoms with van der Waals surface area (Å²) in [6.07, 6.45) is 4.77. The zero-order valence-corrected chi connectivity index (χ0v) is 11.0. The van der Waals surface area contributed by atoms with Crippen molar-refractivity contribution in [3.05, 3.63) is 30.3 Å². The minimum atomic E-state index is -0.186. The second kappa shape index (κ2) is 9.51. The van der Waals surface area contributed by atoms with Crippen LogP contribution in [0.5, 0.6) is 5.75 Å². The Morgan fingerprint density at radius 3 is 2.67 bits per heavy atom. The fraction of sp³-hybridized carbons (Fsp3) is 0.533. The Hall–Kier alpha value is -1.51. The van der Waals surface area contributed by atoms with Crippen molar-refractivity contribution in [1.82, 2.24) is 0 Å². The molecule has 1 aromatic rings. The van der Waals surface area contributed by atoms with E-state index in [0.29, 0.717) is 19.6 Å². The van der Waals surface area contributed by atoms with Crippen molar-refractivity contribution in [2.24, 2.45) is 0 Å². The van der Waals surface area contributed by atoms with Crippen molar-refractivity contribution in [3.8, 4) is 5.75 Å². The zero-order chi connectivity index (χ0) is 13.1. The summed E-state index contributed by atoms with van der Waals surface area (Å²) >= 11 is 0. The van der Waals surface area contributed by atoms with Crippen molar-refractivity contribution in [2.75, 3.05) is 13.2 Å². The normalized spacial score (nSPS) is 10.1. The summed E-state index contributed by atoms with van der Waals surface area (Å²) in [5.41, 5.74) is 0. The van der Waals surface area contributed by atoms with Gasteiger partial charge >= 0.3 is 5.97 Å². The number of carbonyl (C=O) groups is 1. The van der Waals surface area contributed by atoms with Crippen LogP contribution < -0.4 is 4.74 Å². The molecule has 1 rings (SSSR count). The summed E-state index contributed by atoms with van der Waals surface area (Å²) in [7, 11) is 0. The summed E-state index contributed by atoms with van der Waals surface area (Å²) < 4.78 is 10.5. The molecule has 0 atom stereocenters. The summed E-state index contributed by atoms with van der Waals surface area (Å²) in [4.78, 5) is 11.4. The zero-order valence-electron chi connectivity index (χ0n) is 11.0. The third-order valence-corrected chi connectivity index (χ3v) is 2.52. The van der Waals surface area contributed by atoms with E-state index in [1.807, 2.05) is 12.1 Å². The van der Waals surface area contributed by atoms with Crippen LogP contribution in [0.4, 0.5) is 0 Å². The molecule has 0 amide bonds. The molecule has 0 saturated heterocycles. The van der Waals surface area contributed by atoms with Gasteiger partial charge in [-0.15, -0.1) is 0 Å². The molecule has 3 heteroatoms. The van der Waals surface area contributed by atoms with Crippen molar-refractivity contribution in [2.45, 2.75) is 39.0 Å². The fourth-order valence-corrected chi connectivity index (χ4v) is 1.51. The minimum Gasteiger partial charge on any atom is -0.493 e. The molecule has 0 aliphatic rings. The molecule has 0 spiro atoms. The molecule has 0 saturated carbocycles. The number of benzene rings is 1. The van der Waals surface area contributed by atoms with Gasteiger partial charge in [0.15, 0.2) is 0 Å². The van der Waals surface area contributed by atoms with Crippen LogP contribution in [0.15, 0.2) is 24.3 Å². The number of carbonyl (C=O) groups excluding carboxylic acids is 1. The predicted octanol–water partition coefficient (Wildman–Crippen LogP) is 3.38. The summed E-state index contributed by atoms with van der Waals surface area (Å²) in [6.45, 7) is 3.04. The average Bonchev–Trinajstić information content (AvgIpc) is 2.40. The highest BCUT2D eigenvalue weighted by Crippen LogP contribution is 2.08. The Morgan fingerprint density at radius 1 is 1.17 bits per heavy atom. The van der Waals surface area contributed by atoms with Gasteiger partial charge in [0.05, 0.1) is 19.6 Å². The molecular weight excluding hydrogens is 228 g/mol. The van der Waals surface area contributed by atoms with Crippen LogP contribution in [-0.4, -0.2) is 19.2 Å². The standard InChI is InChI=1S/C15H21O3/c1-2-3-4-8-12-18-15(16)11-13-17-14-9-6-5-7-10-14/h6-7,9-10H,2-4,8,11-13H2,1H3. The van der Waals surface area contributed by atoms with Crippen LogP contribution >= 0.6 is 0 Å². The highest BCUT2D eigenvalue weighted by atomic mass is 16.5. The number of hydrogen-bond donors (Lipinski definition) is 0.